The number of carboxylic acid groups (broad SMARTS) is 2. The van der Waals surface area contributed by atoms with E-state index in [4.69, 9.17) is 5.73 Å². The van der Waals surface area contributed by atoms with Gasteiger partial charge in [-0.25, -0.2) is 10.1 Å². The Hall–Kier alpha value is -8.11. The molecule has 10 amide bonds. The molecule has 9 atom stereocenters. The second-order valence-corrected chi connectivity index (χ2v) is 19.6. The van der Waals surface area contributed by atoms with Gasteiger partial charge in [0.15, 0.2) is 0 Å². The van der Waals surface area contributed by atoms with Gasteiger partial charge in [0.2, 0.25) is 60.1 Å². The van der Waals surface area contributed by atoms with Gasteiger partial charge in [-0.05, 0) is 108 Å². The van der Waals surface area contributed by atoms with Crippen molar-refractivity contribution in [3.05, 3.63) is 29.8 Å². The van der Waals surface area contributed by atoms with E-state index >= 15 is 0 Å². The van der Waals surface area contributed by atoms with E-state index in [1.165, 1.54) is 12.1 Å². The summed E-state index contributed by atoms with van der Waals surface area (Å²) < 4.78 is 0. The lowest BCUT2D eigenvalue weighted by Gasteiger charge is -2.31. The number of carbonyl (C=O) groups is 12. The fraction of sp³-hybridized carbons (Fsp3) is 0.620. The van der Waals surface area contributed by atoms with Crippen LogP contribution in [0.3, 0.4) is 0 Å². The monoisotopic (exact) mass is 1180 g/mol. The quantitative estimate of drug-likeness (QED) is 0.0130. The molecule has 33 heteroatoms. The van der Waals surface area contributed by atoms with Gasteiger partial charge in [-0.15, -0.1) is 0 Å². The zero-order valence-corrected chi connectivity index (χ0v) is 45.7. The highest BCUT2D eigenvalue weighted by atomic mass is 16.5. The molecule has 2 aliphatic rings. The molecule has 3 rings (SSSR count). The van der Waals surface area contributed by atoms with Gasteiger partial charge in [0.25, 0.3) is 0 Å². The molecule has 0 spiro atoms. The van der Waals surface area contributed by atoms with Crippen molar-refractivity contribution < 1.29 is 93.5 Å². The molecule has 0 radical (unpaired) electrons. The SMILES string of the molecule is NCCCCC(NC(=O)C(CO)NC(=O)C1CCN=C(C(Cc2ccc(O)cc2)NC(CCC(=O)O)C(=O)O)N1)C(=O)NCC(=O)NC(CCCN(O)C=O)C(=O)NC1CCCCNC(=O)C(CO)NC(=O)C(CCCN(O)C=O)NC1=O. The number of nitrogens with two attached hydrogens (primary N) is 1. The number of carbonyl (C=O) groups excluding carboxylic acids is 10. The number of aromatic hydroxyl groups is 1. The normalized spacial score (nSPS) is 19.3. The maximum absolute atomic E-state index is 14.0. The number of rotatable bonds is 35. The number of aliphatic imine (C=N–C) groups is 1. The molecule has 0 aliphatic carbocycles. The lowest BCUT2D eigenvalue weighted by atomic mass is 10.0. The number of aliphatic carboxylic acids is 2. The molecule has 0 aromatic heterocycles. The van der Waals surface area contributed by atoms with E-state index in [1.807, 2.05) is 0 Å². The minimum atomic E-state index is -1.65. The maximum atomic E-state index is 14.0. The average Bonchev–Trinajstić information content (AvgIpc) is 3.53. The molecule has 0 saturated carbocycles. The number of nitrogens with one attached hydrogen (secondary N) is 10. The molecule has 2 aliphatic heterocycles. The number of phenols is 1. The van der Waals surface area contributed by atoms with Crippen molar-refractivity contribution in [1.29, 1.82) is 0 Å². The first kappa shape index (κ1) is 69.2. The van der Waals surface area contributed by atoms with Crippen LogP contribution in [0.15, 0.2) is 29.3 Å². The first-order chi connectivity index (χ1) is 39.6. The summed E-state index contributed by atoms with van der Waals surface area (Å²) in [6.07, 6.45) is -0.0228. The summed E-state index contributed by atoms with van der Waals surface area (Å²) in [5.41, 5.74) is 6.29. The van der Waals surface area contributed by atoms with Gasteiger partial charge in [-0.3, -0.25) is 78.3 Å². The predicted octanol–water partition coefficient (Wildman–Crippen LogP) is -6.33. The lowest BCUT2D eigenvalue weighted by Crippen LogP contribution is -2.61. The van der Waals surface area contributed by atoms with Gasteiger partial charge in [-0.1, -0.05) is 12.1 Å². The van der Waals surface area contributed by atoms with Crippen molar-refractivity contribution in [3.63, 3.8) is 0 Å². The van der Waals surface area contributed by atoms with Crippen LogP contribution in [0.1, 0.15) is 89.0 Å². The van der Waals surface area contributed by atoms with Gasteiger partial charge in [0, 0.05) is 32.6 Å². The van der Waals surface area contributed by atoms with E-state index in [9.17, 15) is 93.5 Å². The van der Waals surface area contributed by atoms with E-state index in [0.29, 0.717) is 17.0 Å². The van der Waals surface area contributed by atoms with Crippen molar-refractivity contribution >= 4 is 77.9 Å². The van der Waals surface area contributed by atoms with Gasteiger partial charge in [0.1, 0.15) is 59.9 Å². The topological polar surface area (TPSA) is 512 Å². The summed E-state index contributed by atoms with van der Waals surface area (Å²) in [6.45, 7) is -2.86. The van der Waals surface area contributed by atoms with E-state index in [0.717, 1.165) is 0 Å². The van der Waals surface area contributed by atoms with E-state index in [1.54, 1.807) is 12.1 Å². The Bertz CT molecular complexity index is 2390. The molecular formula is C50H78N14O19. The van der Waals surface area contributed by atoms with Crippen molar-refractivity contribution in [1.82, 2.24) is 63.3 Å². The number of phenolic OH excluding ortho intramolecular Hbond substituents is 1. The third kappa shape index (κ3) is 25.3. The molecular weight excluding hydrogens is 1100 g/mol. The third-order valence-electron chi connectivity index (χ3n) is 13.2. The molecule has 1 aromatic carbocycles. The van der Waals surface area contributed by atoms with Crippen LogP contribution >= 0.6 is 0 Å². The molecule has 2 heterocycles. The van der Waals surface area contributed by atoms with Crippen LogP contribution in [-0.2, 0) is 64.0 Å². The molecule has 462 valence electrons. The number of hydrogen-bond donors (Lipinski definition) is 18. The second-order valence-electron chi connectivity index (χ2n) is 19.6. The van der Waals surface area contributed by atoms with Crippen LogP contribution in [0.5, 0.6) is 5.75 Å². The standard InChI is InChI=1S/C50H78N14O19/c51-18-3-1-7-31(58-49(79)39(26-66)62-48(78)35-17-20-52-42(57-35)37(23-29-11-13-30(69)14-12-29)55-36(50(80)81)15-16-41(71)72)43(73)54-24-40(70)56-32(9-5-21-63(82)27-67)45(75)59-33-8-2-4-19-53-44(74)38(25-65)61-47(77)34(60-46(33)76)10-6-22-64(83)28-68/h11-14,27-28,31-39,55,65-66,69,82-83H,1-10,15-26,51H2,(H,52,57)(H,53,74)(H,54,73)(H,56,70)(H,58,79)(H,59,75)(H,60,76)(H,61,77)(H,62,78)(H,71,72)(H,80,81). The van der Waals surface area contributed by atoms with Gasteiger partial charge in [-0.2, -0.15) is 0 Å². The Balaban J connectivity index is 1.76. The fourth-order valence-corrected chi connectivity index (χ4v) is 8.59. The van der Waals surface area contributed by atoms with Crippen molar-refractivity contribution in [3.8, 4) is 5.75 Å². The minimum Gasteiger partial charge on any atom is -0.508 e. The number of benzene rings is 1. The third-order valence-corrected chi connectivity index (χ3v) is 13.2. The number of carboxylic acids is 2. The number of aliphatic hydroxyl groups is 2. The van der Waals surface area contributed by atoms with Crippen LogP contribution in [0.2, 0.25) is 0 Å². The van der Waals surface area contributed by atoms with Crippen molar-refractivity contribution in [2.24, 2.45) is 10.7 Å². The largest absolute Gasteiger partial charge is 0.508 e. The van der Waals surface area contributed by atoms with Crippen LogP contribution in [0.25, 0.3) is 0 Å². The maximum Gasteiger partial charge on any atom is 0.320 e. The van der Waals surface area contributed by atoms with Crippen molar-refractivity contribution in [2.45, 2.75) is 144 Å². The highest BCUT2D eigenvalue weighted by Gasteiger charge is 2.35. The fourth-order valence-electron chi connectivity index (χ4n) is 8.59. The number of aliphatic hydroxyl groups excluding tert-OH is 2. The molecule has 83 heavy (non-hydrogen) atoms. The van der Waals surface area contributed by atoms with E-state index in [-0.39, 0.29) is 139 Å². The molecule has 1 fully saturated rings. The number of amides is 10. The highest BCUT2D eigenvalue weighted by molar-refractivity contribution is 5.98. The lowest BCUT2D eigenvalue weighted by molar-refractivity contribution is -0.150. The molecule has 33 nitrogen and oxygen atoms in total. The smallest absolute Gasteiger partial charge is 0.320 e. The van der Waals surface area contributed by atoms with Crippen LogP contribution in [-0.4, -0.2) is 231 Å². The summed E-state index contributed by atoms with van der Waals surface area (Å²) in [5.74, 6) is -9.68. The Morgan fingerprint density at radius 2 is 1.40 bits per heavy atom. The van der Waals surface area contributed by atoms with E-state index < -0.39 is 140 Å². The molecule has 19 N–H and O–H groups in total. The number of unbranched alkanes of at least 4 members (excludes halogenated alkanes) is 1. The molecule has 1 saturated heterocycles. The number of hydroxylamine groups is 4. The first-order valence-electron chi connectivity index (χ1n) is 27.0. The second kappa shape index (κ2) is 37.1. The Morgan fingerprint density at radius 3 is 2.04 bits per heavy atom. The Labute approximate surface area is 476 Å². The predicted molar refractivity (Wildman–Crippen MR) is 287 cm³/mol. The van der Waals surface area contributed by atoms with Gasteiger partial charge in [0.05, 0.1) is 25.8 Å². The zero-order chi connectivity index (χ0) is 61.4. The summed E-state index contributed by atoms with van der Waals surface area (Å²) in [7, 11) is 0. The molecule has 0 bridgehead atoms. The summed E-state index contributed by atoms with van der Waals surface area (Å²) >= 11 is 0. The van der Waals surface area contributed by atoms with Crippen LogP contribution < -0.4 is 58.9 Å². The van der Waals surface area contributed by atoms with Crippen molar-refractivity contribution in [2.75, 3.05) is 52.5 Å². The Morgan fingerprint density at radius 1 is 0.735 bits per heavy atom. The molecule has 9 unspecified atom stereocenters. The number of nitrogens with zero attached hydrogens (tertiary/aromatic N) is 3. The number of hydrogen-bond acceptors (Lipinski definition) is 21. The first-order valence-corrected chi connectivity index (χ1v) is 27.0. The highest BCUT2D eigenvalue weighted by Crippen LogP contribution is 2.16. The van der Waals surface area contributed by atoms with Crippen LogP contribution in [0.4, 0.5) is 0 Å². The van der Waals surface area contributed by atoms with E-state index in [2.05, 4.69) is 58.2 Å². The minimum absolute atomic E-state index is 0.0365. The zero-order valence-electron chi connectivity index (χ0n) is 45.7. The van der Waals surface area contributed by atoms with Gasteiger partial charge < -0.3 is 79.1 Å². The average molecular weight is 1180 g/mol. The summed E-state index contributed by atoms with van der Waals surface area (Å²) in [4.78, 5) is 159. The van der Waals surface area contributed by atoms with Gasteiger partial charge >= 0.3 is 11.9 Å². The number of amidine groups is 1. The summed E-state index contributed by atoms with van der Waals surface area (Å²) in [6, 6.07) is -6.19. The summed E-state index contributed by atoms with van der Waals surface area (Å²) in [5, 5.41) is 94.5. The molecule has 1 aromatic rings. The Kier molecular flexibility index (Phi) is 30.9. The van der Waals surface area contributed by atoms with Crippen LogP contribution in [0, 0.1) is 0 Å².